The maximum Gasteiger partial charge on any atom is 0.250 e. The number of rotatable bonds is 0. The van der Waals surface area contributed by atoms with E-state index in [0.717, 1.165) is 0 Å². The normalized spacial score (nSPS) is 16.5. The number of amides is 4. The average molecular weight is 313 g/mol. The van der Waals surface area contributed by atoms with E-state index in [2.05, 4.69) is 0 Å². The second kappa shape index (κ2) is 6.12. The number of hydrogen-bond donors (Lipinski definition) is 2. The minimum absolute atomic E-state index is 0. The molecule has 15 heavy (non-hydrogen) atoms. The van der Waals surface area contributed by atoms with Crippen LogP contribution in [0, 0.1) is 0 Å². The first-order valence-corrected chi connectivity index (χ1v) is 3.64. The Morgan fingerprint density at radius 1 is 0.600 bits per heavy atom. The average Bonchev–Trinajstić information content (AvgIpc) is 2.63. The third-order valence-electron chi connectivity index (χ3n) is 1.26. The zero-order valence-electron chi connectivity index (χ0n) is 7.44. The van der Waals surface area contributed by atoms with Gasteiger partial charge >= 0.3 is 0 Å². The van der Waals surface area contributed by atoms with Crippen molar-refractivity contribution in [3.63, 3.8) is 0 Å². The van der Waals surface area contributed by atoms with E-state index in [1.54, 1.807) is 0 Å². The zero-order valence-corrected chi connectivity index (χ0v) is 10.3. The second-order valence-electron chi connectivity index (χ2n) is 2.37. The Bertz CT molecular complexity index is 305. The van der Waals surface area contributed by atoms with Crippen molar-refractivity contribution in [1.29, 1.82) is 0 Å². The molecule has 0 bridgehead atoms. The topological polar surface area (TPSA) is 92.3 Å². The van der Waals surface area contributed by atoms with Crippen molar-refractivity contribution in [2.75, 3.05) is 0 Å². The Morgan fingerprint density at radius 3 is 0.867 bits per heavy atom. The van der Waals surface area contributed by atoms with Crippen molar-refractivity contribution in [3.8, 4) is 0 Å². The first kappa shape index (κ1) is 13.6. The number of hydrogen-bond acceptors (Lipinski definition) is 4. The van der Waals surface area contributed by atoms with Crippen molar-refractivity contribution in [1.82, 2.24) is 10.6 Å². The number of carbonyl (C=O) groups excluding carboxylic acids is 4. The van der Waals surface area contributed by atoms with Crippen LogP contribution >= 0.6 is 0 Å². The van der Waals surface area contributed by atoms with Crippen molar-refractivity contribution in [3.05, 3.63) is 24.3 Å². The maximum absolute atomic E-state index is 10.0. The van der Waals surface area contributed by atoms with Gasteiger partial charge in [-0.3, -0.25) is 29.8 Å². The van der Waals surface area contributed by atoms with Crippen LogP contribution in [0.3, 0.4) is 0 Å². The predicted molar refractivity (Wildman–Crippen MR) is 50.3 cm³/mol. The summed E-state index contributed by atoms with van der Waals surface area (Å²) in [6.07, 6.45) is 4.79. The molecule has 4 amide bonds. The van der Waals surface area contributed by atoms with E-state index in [0.29, 0.717) is 0 Å². The summed E-state index contributed by atoms with van der Waals surface area (Å²) < 4.78 is 0. The molecule has 4 radical (unpaired) electrons. The van der Waals surface area contributed by atoms with Gasteiger partial charge in [-0.15, -0.1) is 0 Å². The summed E-state index contributed by atoms with van der Waals surface area (Å²) in [5, 5.41) is 4.06. The van der Waals surface area contributed by atoms with E-state index in [-0.39, 0.29) is 47.5 Å². The molecule has 0 fully saturated rings. The molecule has 0 spiro atoms. The minimum Gasteiger partial charge on any atom is -0.289 e. The van der Waals surface area contributed by atoms with Gasteiger partial charge < -0.3 is 0 Å². The van der Waals surface area contributed by atoms with Crippen LogP contribution in [0.5, 0.6) is 0 Å². The molecule has 2 heterocycles. The Morgan fingerprint density at radius 2 is 0.800 bits per heavy atom. The van der Waals surface area contributed by atoms with E-state index < -0.39 is 0 Å². The van der Waals surface area contributed by atoms with Gasteiger partial charge in [0, 0.05) is 48.2 Å². The van der Waals surface area contributed by atoms with E-state index in [1.807, 2.05) is 10.6 Å². The smallest absolute Gasteiger partial charge is 0.250 e. The molecule has 0 saturated heterocycles. The quantitative estimate of drug-likeness (QED) is 0.400. The molecule has 0 atom stereocenters. The van der Waals surface area contributed by atoms with Crippen LogP contribution in [0.4, 0.5) is 0 Å². The third-order valence-corrected chi connectivity index (χ3v) is 1.26. The molecule has 2 aliphatic rings. The van der Waals surface area contributed by atoms with Gasteiger partial charge in [0.1, 0.15) is 0 Å². The van der Waals surface area contributed by atoms with E-state index in [1.165, 1.54) is 24.3 Å². The Kier molecular flexibility index (Phi) is 5.53. The molecule has 0 aromatic carbocycles. The fourth-order valence-corrected chi connectivity index (χ4v) is 0.712. The minimum atomic E-state index is -0.329. The predicted octanol–water partition coefficient (Wildman–Crippen LogP) is -1.98. The molecule has 0 aromatic heterocycles. The van der Waals surface area contributed by atoms with Gasteiger partial charge in [-0.2, -0.15) is 0 Å². The van der Waals surface area contributed by atoms with Gasteiger partial charge in [0.15, 0.2) is 0 Å². The van der Waals surface area contributed by atoms with Crippen molar-refractivity contribution in [2.24, 2.45) is 0 Å². The monoisotopic (exact) mass is 314 g/mol. The molecule has 6 nitrogen and oxygen atoms in total. The fraction of sp³-hybridized carbons (Fsp3) is 0. The second-order valence-corrected chi connectivity index (χ2v) is 2.37. The standard InChI is InChI=1S/2C4H3NO2.Sn/c2*6-3-1-2-4(7)5-3;/h2*1-2H,(H,5,6,7);. The number of nitrogens with one attached hydrogen (secondary N) is 2. The van der Waals surface area contributed by atoms with Gasteiger partial charge in [-0.05, 0) is 0 Å². The zero-order chi connectivity index (χ0) is 10.6. The molecule has 2 N–H and O–H groups in total. The molecule has 0 unspecified atom stereocenters. The summed E-state index contributed by atoms with van der Waals surface area (Å²) in [7, 11) is 0. The molecular formula is C8H6N2O4Sn. The fourth-order valence-electron chi connectivity index (χ4n) is 0.712. The Labute approximate surface area is 102 Å². The Hall–Kier alpha value is -1.44. The summed E-state index contributed by atoms with van der Waals surface area (Å²) in [5.41, 5.74) is 0. The summed E-state index contributed by atoms with van der Waals surface area (Å²) in [4.78, 5) is 40.1. The molecule has 76 valence electrons. The molecule has 2 rings (SSSR count). The largest absolute Gasteiger partial charge is 0.289 e. The summed E-state index contributed by atoms with van der Waals surface area (Å²) >= 11 is 0. The molecule has 7 heteroatoms. The van der Waals surface area contributed by atoms with Crippen molar-refractivity contribution in [2.45, 2.75) is 0 Å². The molecular weight excluding hydrogens is 307 g/mol. The van der Waals surface area contributed by atoms with Crippen LogP contribution in [-0.4, -0.2) is 47.5 Å². The number of carbonyl (C=O) groups is 4. The molecule has 0 aromatic rings. The third kappa shape index (κ3) is 5.11. The Balaban J connectivity index is 0.000000245. The van der Waals surface area contributed by atoms with E-state index >= 15 is 0 Å². The van der Waals surface area contributed by atoms with Crippen LogP contribution in [0.25, 0.3) is 0 Å². The molecule has 0 aliphatic carbocycles. The SMILES string of the molecule is O=C1C=CC(=O)N1.O=C1C=CC(=O)N1.[Sn]. The van der Waals surface area contributed by atoms with Gasteiger partial charge in [0.05, 0.1) is 0 Å². The summed E-state index contributed by atoms with van der Waals surface area (Å²) in [5.74, 6) is -1.31. The van der Waals surface area contributed by atoms with Gasteiger partial charge in [0.2, 0.25) is 0 Å². The first-order chi connectivity index (χ1) is 6.58. The van der Waals surface area contributed by atoms with Gasteiger partial charge in [-0.25, -0.2) is 0 Å². The molecule has 2 aliphatic heterocycles. The van der Waals surface area contributed by atoms with Gasteiger partial charge in [-0.1, -0.05) is 0 Å². The maximum atomic E-state index is 10.0. The van der Waals surface area contributed by atoms with Crippen molar-refractivity contribution < 1.29 is 19.2 Å². The van der Waals surface area contributed by atoms with Crippen LogP contribution in [0.15, 0.2) is 24.3 Å². The van der Waals surface area contributed by atoms with Crippen LogP contribution < -0.4 is 10.6 Å². The van der Waals surface area contributed by atoms with Gasteiger partial charge in [0.25, 0.3) is 23.6 Å². The molecule has 0 saturated carbocycles. The first-order valence-electron chi connectivity index (χ1n) is 3.64. The van der Waals surface area contributed by atoms with Crippen LogP contribution in [-0.2, 0) is 19.2 Å². The number of imide groups is 2. The summed E-state index contributed by atoms with van der Waals surface area (Å²) in [6.45, 7) is 0. The van der Waals surface area contributed by atoms with Crippen LogP contribution in [0.2, 0.25) is 0 Å². The van der Waals surface area contributed by atoms with Crippen LogP contribution in [0.1, 0.15) is 0 Å². The summed E-state index contributed by atoms with van der Waals surface area (Å²) in [6, 6.07) is 0. The van der Waals surface area contributed by atoms with E-state index in [9.17, 15) is 19.2 Å². The van der Waals surface area contributed by atoms with E-state index in [4.69, 9.17) is 0 Å². The van der Waals surface area contributed by atoms with Crippen molar-refractivity contribution >= 4 is 47.5 Å².